The summed E-state index contributed by atoms with van der Waals surface area (Å²) in [6.45, 7) is 8.26. The van der Waals surface area contributed by atoms with Crippen molar-refractivity contribution in [3.63, 3.8) is 0 Å². The number of benzene rings is 1. The van der Waals surface area contributed by atoms with Crippen LogP contribution in [0, 0.1) is 5.92 Å². The number of carbonyl (C=O) groups is 1. The zero-order chi connectivity index (χ0) is 18.4. The molecule has 0 aromatic heterocycles. The van der Waals surface area contributed by atoms with Crippen molar-refractivity contribution in [2.75, 3.05) is 32.8 Å². The SMILES string of the molecule is CCCC(=O)N1CCN(S(=O)(=O)c2ccc(OCC(C)C)cc2)CC1. The van der Waals surface area contributed by atoms with Crippen molar-refractivity contribution in [3.8, 4) is 5.75 Å². The van der Waals surface area contributed by atoms with Gasteiger partial charge in [-0.25, -0.2) is 8.42 Å². The molecule has 1 saturated heterocycles. The highest BCUT2D eigenvalue weighted by Crippen LogP contribution is 2.21. The second-order valence-corrected chi connectivity index (χ2v) is 8.65. The Morgan fingerprint density at radius 1 is 1.12 bits per heavy atom. The molecule has 1 aliphatic rings. The van der Waals surface area contributed by atoms with Gasteiger partial charge in [-0.2, -0.15) is 4.31 Å². The summed E-state index contributed by atoms with van der Waals surface area (Å²) in [4.78, 5) is 13.9. The second kappa shape index (κ2) is 8.67. The fourth-order valence-corrected chi connectivity index (χ4v) is 4.09. The molecule has 0 saturated carbocycles. The van der Waals surface area contributed by atoms with E-state index in [-0.39, 0.29) is 10.8 Å². The summed E-state index contributed by atoms with van der Waals surface area (Å²) in [5.74, 6) is 1.18. The van der Waals surface area contributed by atoms with Crippen molar-refractivity contribution in [2.24, 2.45) is 5.92 Å². The summed E-state index contributed by atoms with van der Waals surface area (Å²) in [5.41, 5.74) is 0. The Labute approximate surface area is 150 Å². The molecule has 6 nitrogen and oxygen atoms in total. The lowest BCUT2D eigenvalue weighted by Gasteiger charge is -2.34. The molecule has 0 spiro atoms. The zero-order valence-corrected chi connectivity index (χ0v) is 16.1. The van der Waals surface area contributed by atoms with Crippen LogP contribution >= 0.6 is 0 Å². The third kappa shape index (κ3) is 5.19. The Morgan fingerprint density at radius 3 is 2.24 bits per heavy atom. The second-order valence-electron chi connectivity index (χ2n) is 6.71. The van der Waals surface area contributed by atoms with Gasteiger partial charge in [-0.1, -0.05) is 20.8 Å². The van der Waals surface area contributed by atoms with Gasteiger partial charge in [0.25, 0.3) is 0 Å². The molecule has 1 aromatic rings. The van der Waals surface area contributed by atoms with E-state index in [4.69, 9.17) is 4.74 Å². The number of piperazine rings is 1. The Morgan fingerprint density at radius 2 is 1.72 bits per heavy atom. The van der Waals surface area contributed by atoms with E-state index in [1.54, 1.807) is 29.2 Å². The van der Waals surface area contributed by atoms with Gasteiger partial charge < -0.3 is 9.64 Å². The number of amides is 1. The minimum absolute atomic E-state index is 0.103. The van der Waals surface area contributed by atoms with Gasteiger partial charge in [0.1, 0.15) is 5.75 Å². The van der Waals surface area contributed by atoms with Gasteiger partial charge in [-0.05, 0) is 36.6 Å². The van der Waals surface area contributed by atoms with Crippen LogP contribution < -0.4 is 4.74 Å². The number of hydrogen-bond acceptors (Lipinski definition) is 4. The molecule has 1 amide bonds. The van der Waals surface area contributed by atoms with Gasteiger partial charge in [0.2, 0.25) is 15.9 Å². The van der Waals surface area contributed by atoms with Gasteiger partial charge in [-0.15, -0.1) is 0 Å². The van der Waals surface area contributed by atoms with Gasteiger partial charge in [0, 0.05) is 32.6 Å². The number of hydrogen-bond donors (Lipinski definition) is 0. The van der Waals surface area contributed by atoms with Crippen LogP contribution in [-0.2, 0) is 14.8 Å². The minimum atomic E-state index is -3.53. The maximum Gasteiger partial charge on any atom is 0.243 e. The third-order valence-corrected chi connectivity index (χ3v) is 6.01. The summed E-state index contributed by atoms with van der Waals surface area (Å²) in [5, 5.41) is 0. The van der Waals surface area contributed by atoms with Crippen LogP contribution in [0.1, 0.15) is 33.6 Å². The molecule has 25 heavy (non-hydrogen) atoms. The van der Waals surface area contributed by atoms with E-state index in [2.05, 4.69) is 13.8 Å². The topological polar surface area (TPSA) is 66.9 Å². The first-order valence-electron chi connectivity index (χ1n) is 8.85. The van der Waals surface area contributed by atoms with Gasteiger partial charge in [-0.3, -0.25) is 4.79 Å². The van der Waals surface area contributed by atoms with E-state index in [9.17, 15) is 13.2 Å². The summed E-state index contributed by atoms with van der Waals surface area (Å²) >= 11 is 0. The standard InChI is InChI=1S/C18H28N2O4S/c1-4-5-18(21)19-10-12-20(13-11-19)25(22,23)17-8-6-16(7-9-17)24-14-15(2)3/h6-9,15H,4-5,10-14H2,1-3H3. The van der Waals surface area contributed by atoms with E-state index in [1.165, 1.54) is 4.31 Å². The largest absolute Gasteiger partial charge is 0.493 e. The fourth-order valence-electron chi connectivity index (χ4n) is 2.67. The van der Waals surface area contributed by atoms with E-state index < -0.39 is 10.0 Å². The molecular weight excluding hydrogens is 340 g/mol. The van der Waals surface area contributed by atoms with E-state index in [0.717, 1.165) is 6.42 Å². The zero-order valence-electron chi connectivity index (χ0n) is 15.3. The van der Waals surface area contributed by atoms with Crippen LogP contribution in [0.25, 0.3) is 0 Å². The van der Waals surface area contributed by atoms with Gasteiger partial charge >= 0.3 is 0 Å². The molecule has 2 rings (SSSR count). The molecule has 0 bridgehead atoms. The summed E-state index contributed by atoms with van der Waals surface area (Å²) in [7, 11) is -3.53. The Hall–Kier alpha value is -1.60. The molecular formula is C18H28N2O4S. The highest BCUT2D eigenvalue weighted by Gasteiger charge is 2.29. The average Bonchev–Trinajstić information content (AvgIpc) is 2.60. The average molecular weight is 368 g/mol. The highest BCUT2D eigenvalue weighted by molar-refractivity contribution is 7.89. The maximum atomic E-state index is 12.7. The highest BCUT2D eigenvalue weighted by atomic mass is 32.2. The molecule has 0 atom stereocenters. The molecule has 0 radical (unpaired) electrons. The number of nitrogens with zero attached hydrogens (tertiary/aromatic N) is 2. The predicted octanol–water partition coefficient (Wildman–Crippen LogP) is 2.35. The van der Waals surface area contributed by atoms with E-state index in [0.29, 0.717) is 50.9 Å². The normalized spacial score (nSPS) is 16.2. The van der Waals surface area contributed by atoms with Crippen LogP contribution in [0.2, 0.25) is 0 Å². The van der Waals surface area contributed by atoms with Crippen LogP contribution in [0.3, 0.4) is 0 Å². The molecule has 140 valence electrons. The summed E-state index contributed by atoms with van der Waals surface area (Å²) in [6.07, 6.45) is 1.33. The number of sulfonamides is 1. The monoisotopic (exact) mass is 368 g/mol. The van der Waals surface area contributed by atoms with Crippen molar-refractivity contribution < 1.29 is 17.9 Å². The number of ether oxygens (including phenoxy) is 1. The van der Waals surface area contributed by atoms with Crippen molar-refractivity contribution in [2.45, 2.75) is 38.5 Å². The molecule has 0 aliphatic carbocycles. The smallest absolute Gasteiger partial charge is 0.243 e. The quantitative estimate of drug-likeness (QED) is 0.741. The van der Waals surface area contributed by atoms with Crippen molar-refractivity contribution in [1.82, 2.24) is 9.21 Å². The lowest BCUT2D eigenvalue weighted by atomic mass is 10.2. The molecule has 1 aliphatic heterocycles. The molecule has 1 fully saturated rings. The Balaban J connectivity index is 1.98. The number of rotatable bonds is 7. The number of carbonyl (C=O) groups excluding carboxylic acids is 1. The Kier molecular flexibility index (Phi) is 6.84. The van der Waals surface area contributed by atoms with Crippen molar-refractivity contribution in [1.29, 1.82) is 0 Å². The van der Waals surface area contributed by atoms with Crippen LogP contribution in [0.5, 0.6) is 5.75 Å². The minimum Gasteiger partial charge on any atom is -0.493 e. The van der Waals surface area contributed by atoms with Crippen molar-refractivity contribution in [3.05, 3.63) is 24.3 Å². The fraction of sp³-hybridized carbons (Fsp3) is 0.611. The van der Waals surface area contributed by atoms with E-state index in [1.807, 2.05) is 6.92 Å². The van der Waals surface area contributed by atoms with Gasteiger partial charge in [0.05, 0.1) is 11.5 Å². The lowest BCUT2D eigenvalue weighted by Crippen LogP contribution is -2.50. The summed E-state index contributed by atoms with van der Waals surface area (Å²) < 4.78 is 32.5. The first-order chi connectivity index (χ1) is 11.8. The first kappa shape index (κ1) is 19.7. The van der Waals surface area contributed by atoms with Crippen molar-refractivity contribution >= 4 is 15.9 Å². The van der Waals surface area contributed by atoms with E-state index >= 15 is 0 Å². The van der Waals surface area contributed by atoms with Crippen LogP contribution in [0.15, 0.2) is 29.2 Å². The van der Waals surface area contributed by atoms with Crippen LogP contribution in [-0.4, -0.2) is 56.3 Å². The first-order valence-corrected chi connectivity index (χ1v) is 10.3. The molecule has 0 N–H and O–H groups in total. The third-order valence-electron chi connectivity index (χ3n) is 4.10. The molecule has 0 unspecified atom stereocenters. The molecule has 1 aromatic carbocycles. The molecule has 7 heteroatoms. The lowest BCUT2D eigenvalue weighted by molar-refractivity contribution is -0.132. The predicted molar refractivity (Wildman–Crippen MR) is 97.0 cm³/mol. The summed E-state index contributed by atoms with van der Waals surface area (Å²) in [6, 6.07) is 6.55. The maximum absolute atomic E-state index is 12.7. The van der Waals surface area contributed by atoms with Gasteiger partial charge in [0.15, 0.2) is 0 Å². The Bertz CT molecular complexity index is 663. The van der Waals surface area contributed by atoms with Crippen LogP contribution in [0.4, 0.5) is 0 Å². The molecule has 1 heterocycles.